The number of ether oxygens (including phenoxy) is 2. The van der Waals surface area contributed by atoms with E-state index in [1.54, 1.807) is 12.1 Å². The van der Waals surface area contributed by atoms with Gasteiger partial charge in [0.1, 0.15) is 30.2 Å². The van der Waals surface area contributed by atoms with Crippen LogP contribution >= 0.6 is 0 Å². The van der Waals surface area contributed by atoms with Crippen molar-refractivity contribution in [2.45, 2.75) is 31.9 Å². The number of fused-ring (bicyclic) bond motifs is 1. The highest BCUT2D eigenvalue weighted by atomic mass is 19.2. The lowest BCUT2D eigenvalue weighted by atomic mass is 9.74. The molecule has 11 heteroatoms. The molecule has 38 heavy (non-hydrogen) atoms. The normalized spacial score (nSPS) is 16.4. The molecule has 1 atom stereocenters. The summed E-state index contributed by atoms with van der Waals surface area (Å²) in [6.07, 6.45) is -0.579. The second kappa shape index (κ2) is 11.5. The zero-order chi connectivity index (χ0) is 27.4. The Balaban J connectivity index is 1.37. The molecule has 1 N–H and O–H groups in total. The maximum Gasteiger partial charge on any atom is 0.309 e. The minimum atomic E-state index is -1.75. The van der Waals surface area contributed by atoms with Crippen LogP contribution in [0.4, 0.5) is 22.0 Å². The minimum Gasteiger partial charge on any atom is -0.497 e. The van der Waals surface area contributed by atoms with Gasteiger partial charge in [0.05, 0.1) is 24.2 Å². The van der Waals surface area contributed by atoms with Crippen molar-refractivity contribution in [1.82, 2.24) is 9.88 Å². The predicted octanol–water partition coefficient (Wildman–Crippen LogP) is 5.84. The van der Waals surface area contributed by atoms with Gasteiger partial charge in [-0.2, -0.15) is 4.39 Å². The van der Waals surface area contributed by atoms with E-state index in [1.165, 1.54) is 13.2 Å². The number of halogens is 5. The van der Waals surface area contributed by atoms with E-state index in [9.17, 15) is 27.5 Å². The van der Waals surface area contributed by atoms with Gasteiger partial charge in [0, 0.05) is 29.6 Å². The number of benzene rings is 2. The molecule has 0 unspecified atom stereocenters. The molecule has 0 aliphatic carbocycles. The number of alkyl halides is 1. The van der Waals surface area contributed by atoms with Crippen molar-refractivity contribution in [2.75, 3.05) is 33.4 Å². The Morgan fingerprint density at radius 1 is 1.13 bits per heavy atom. The monoisotopic (exact) mass is 538 g/mol. The summed E-state index contributed by atoms with van der Waals surface area (Å²) in [5.74, 6) is -5.59. The van der Waals surface area contributed by atoms with Crippen LogP contribution in [0, 0.1) is 28.7 Å². The number of aromatic nitrogens is 1. The molecular weight excluding hydrogens is 511 g/mol. The Morgan fingerprint density at radius 2 is 1.87 bits per heavy atom. The zero-order valence-corrected chi connectivity index (χ0v) is 20.7. The molecule has 6 nitrogen and oxygen atoms in total. The molecule has 0 saturated carbocycles. The maximum atomic E-state index is 15.4. The first-order valence-corrected chi connectivity index (χ1v) is 12.1. The van der Waals surface area contributed by atoms with Crippen LogP contribution in [0.1, 0.15) is 37.4 Å². The van der Waals surface area contributed by atoms with E-state index in [0.29, 0.717) is 30.4 Å². The molecule has 0 bridgehead atoms. The van der Waals surface area contributed by atoms with Crippen LogP contribution in [-0.4, -0.2) is 54.3 Å². The van der Waals surface area contributed by atoms with Gasteiger partial charge >= 0.3 is 5.97 Å². The molecule has 2 aromatic carbocycles. The van der Waals surface area contributed by atoms with Gasteiger partial charge in [-0.3, -0.25) is 14.7 Å². The van der Waals surface area contributed by atoms with Crippen LogP contribution in [0.15, 0.2) is 36.5 Å². The van der Waals surface area contributed by atoms with Crippen molar-refractivity contribution >= 4 is 16.9 Å². The molecule has 0 radical (unpaired) electrons. The first-order valence-electron chi connectivity index (χ1n) is 12.1. The van der Waals surface area contributed by atoms with Crippen LogP contribution in [0.5, 0.6) is 11.5 Å². The molecule has 0 amide bonds. The lowest BCUT2D eigenvalue weighted by Crippen LogP contribution is -2.45. The molecule has 3 aromatic rings. The number of nitrogens with zero attached hydrogens (tertiary/aromatic N) is 2. The maximum absolute atomic E-state index is 15.4. The van der Waals surface area contributed by atoms with E-state index in [4.69, 9.17) is 9.47 Å². The number of piperidine rings is 1. The molecule has 1 aliphatic rings. The molecular formula is C27H27F5N2O4. The fraction of sp³-hybridized carbons (Fsp3) is 0.407. The van der Waals surface area contributed by atoms with Gasteiger partial charge in [-0.05, 0) is 57.0 Å². The van der Waals surface area contributed by atoms with E-state index < -0.39 is 46.6 Å². The third-order valence-electron chi connectivity index (χ3n) is 7.15. The average Bonchev–Trinajstić information content (AvgIpc) is 2.90. The zero-order valence-electron chi connectivity index (χ0n) is 20.7. The second-order valence-corrected chi connectivity index (χ2v) is 9.38. The molecule has 4 rings (SSSR count). The van der Waals surface area contributed by atoms with Crippen molar-refractivity contribution in [3.8, 4) is 11.5 Å². The van der Waals surface area contributed by atoms with E-state index in [0.717, 1.165) is 12.3 Å². The number of pyridine rings is 1. The van der Waals surface area contributed by atoms with Crippen LogP contribution < -0.4 is 9.47 Å². The third-order valence-corrected chi connectivity index (χ3v) is 7.15. The van der Waals surface area contributed by atoms with Crippen molar-refractivity contribution in [3.63, 3.8) is 0 Å². The number of carboxylic acid groups (broad SMARTS) is 1. The van der Waals surface area contributed by atoms with Gasteiger partial charge in [0.15, 0.2) is 11.6 Å². The summed E-state index contributed by atoms with van der Waals surface area (Å²) in [6, 6.07) is 5.91. The number of hydrogen-bond acceptors (Lipinski definition) is 5. The number of aliphatic carboxylic acids is 1. The fourth-order valence-electron chi connectivity index (χ4n) is 4.86. The number of carboxylic acids is 1. The van der Waals surface area contributed by atoms with Crippen molar-refractivity contribution < 1.29 is 41.3 Å². The van der Waals surface area contributed by atoms with Gasteiger partial charge in [-0.1, -0.05) is 0 Å². The van der Waals surface area contributed by atoms with Crippen molar-refractivity contribution in [2.24, 2.45) is 5.41 Å². The highest BCUT2D eigenvalue weighted by Crippen LogP contribution is 2.41. The summed E-state index contributed by atoms with van der Waals surface area (Å²) in [7, 11) is 1.44. The Hall–Kier alpha value is -3.47. The topological polar surface area (TPSA) is 71.9 Å². The second-order valence-electron chi connectivity index (χ2n) is 9.38. The Bertz CT molecular complexity index is 1310. The average molecular weight is 539 g/mol. The fourth-order valence-corrected chi connectivity index (χ4v) is 4.86. The number of likely N-dealkylation sites (tertiary alicyclic amines) is 1. The SMILES string of the molecule is COc1ccc2ncc(F)c([C@H](F)CCC3(C(=O)O)CCN(CCOc4cc(F)cc(F)c4F)CC3)c2c1. The van der Waals surface area contributed by atoms with Crippen LogP contribution in [0.3, 0.4) is 0 Å². The molecule has 0 spiro atoms. The van der Waals surface area contributed by atoms with Gasteiger partial charge in [0.25, 0.3) is 0 Å². The van der Waals surface area contributed by atoms with Crippen LogP contribution in [-0.2, 0) is 4.79 Å². The Labute approximate surface area is 216 Å². The lowest BCUT2D eigenvalue weighted by Gasteiger charge is -2.39. The number of methoxy groups -OCH3 is 1. The van der Waals surface area contributed by atoms with Gasteiger partial charge < -0.3 is 14.6 Å². The summed E-state index contributed by atoms with van der Waals surface area (Å²) in [5.41, 5.74) is -0.976. The van der Waals surface area contributed by atoms with E-state index in [1.807, 2.05) is 4.90 Å². The first-order chi connectivity index (χ1) is 18.1. The first kappa shape index (κ1) is 27.6. The minimum absolute atomic E-state index is 0.00511. The highest BCUT2D eigenvalue weighted by molar-refractivity contribution is 5.84. The largest absolute Gasteiger partial charge is 0.497 e. The number of rotatable bonds is 10. The van der Waals surface area contributed by atoms with Crippen LogP contribution in [0.25, 0.3) is 10.9 Å². The predicted molar refractivity (Wildman–Crippen MR) is 129 cm³/mol. The van der Waals surface area contributed by atoms with Gasteiger partial charge in [0.2, 0.25) is 5.82 Å². The van der Waals surface area contributed by atoms with Crippen molar-refractivity contribution in [1.29, 1.82) is 0 Å². The summed E-state index contributed by atoms with van der Waals surface area (Å²) >= 11 is 0. The Morgan fingerprint density at radius 3 is 2.55 bits per heavy atom. The van der Waals surface area contributed by atoms with E-state index in [-0.39, 0.29) is 49.8 Å². The summed E-state index contributed by atoms with van der Waals surface area (Å²) < 4.78 is 80.8. The molecule has 1 fully saturated rings. The third kappa shape index (κ3) is 5.82. The smallest absolute Gasteiger partial charge is 0.309 e. The number of hydrogen-bond donors (Lipinski definition) is 1. The van der Waals surface area contributed by atoms with Gasteiger partial charge in [-0.15, -0.1) is 0 Å². The molecule has 2 heterocycles. The summed E-state index contributed by atoms with van der Waals surface area (Å²) in [5, 5.41) is 10.3. The quantitative estimate of drug-likeness (QED) is 0.259. The number of carbonyl (C=O) groups is 1. The van der Waals surface area contributed by atoms with Gasteiger partial charge in [-0.25, -0.2) is 17.6 Å². The standard InChI is InChI=1S/C27H27F5N2O4/c1-37-17-2-3-22-18(14-17)24(21(31)15-33-22)19(29)4-5-27(26(35)36)6-8-34(9-7-27)10-11-38-23-13-16(28)12-20(30)25(23)32/h2-3,12-15,19H,4-11H2,1H3,(H,35,36)/t19-/m1/s1. The van der Waals surface area contributed by atoms with Crippen molar-refractivity contribution in [3.05, 3.63) is 65.4 Å². The molecule has 1 aliphatic heterocycles. The molecule has 1 aromatic heterocycles. The summed E-state index contributed by atoms with van der Waals surface area (Å²) in [6.45, 7) is 0.895. The van der Waals surface area contributed by atoms with E-state index in [2.05, 4.69) is 4.98 Å². The molecule has 1 saturated heterocycles. The van der Waals surface area contributed by atoms with E-state index >= 15 is 4.39 Å². The van der Waals surface area contributed by atoms with Crippen LogP contribution in [0.2, 0.25) is 0 Å². The lowest BCUT2D eigenvalue weighted by molar-refractivity contribution is -0.153. The highest BCUT2D eigenvalue weighted by Gasteiger charge is 2.42. The molecule has 204 valence electrons. The summed E-state index contributed by atoms with van der Waals surface area (Å²) in [4.78, 5) is 18.1. The Kier molecular flexibility index (Phi) is 8.35.